The Kier molecular flexibility index (Phi) is 35.7. The monoisotopic (exact) mass is 911 g/mol. The van der Waals surface area contributed by atoms with Crippen molar-refractivity contribution in [1.82, 2.24) is 0 Å². The fourth-order valence-corrected chi connectivity index (χ4v) is 7.71. The molecule has 0 radical (unpaired) electrons. The molecule has 362 valence electrons. The number of allylic oxidation sites excluding steroid dienone is 12. The van der Waals surface area contributed by atoms with E-state index < -0.39 is 75.7 Å². The normalized spacial score (nSPS) is 22.3. The summed E-state index contributed by atoms with van der Waals surface area (Å²) in [5.74, 6) is -1.20. The minimum Gasteiger partial charge on any atom is -0.462 e. The number of aliphatic hydroxyl groups excluding tert-OH is 5. The lowest BCUT2D eigenvalue weighted by Gasteiger charge is -2.41. The zero-order valence-electron chi connectivity index (χ0n) is 38.3. The maximum absolute atomic E-state index is 12.8. The molecule has 6 atom stereocenters. The summed E-state index contributed by atoms with van der Waals surface area (Å²) < 4.78 is 33.4. The largest absolute Gasteiger partial charge is 0.472 e. The lowest BCUT2D eigenvalue weighted by molar-refractivity contribution is -0.220. The highest BCUT2D eigenvalue weighted by Gasteiger charge is 2.51. The van der Waals surface area contributed by atoms with Gasteiger partial charge in [-0.1, -0.05) is 157 Å². The van der Waals surface area contributed by atoms with Crippen molar-refractivity contribution in [3.63, 3.8) is 0 Å². The molecule has 1 saturated carbocycles. The second kappa shape index (κ2) is 38.5. The van der Waals surface area contributed by atoms with Gasteiger partial charge in [0.25, 0.3) is 0 Å². The number of rotatable bonds is 38. The molecule has 0 amide bonds. The molecule has 1 rings (SSSR count). The molecule has 0 aromatic heterocycles. The van der Waals surface area contributed by atoms with Crippen LogP contribution in [0.3, 0.4) is 0 Å². The molecule has 0 bridgehead atoms. The number of aliphatic hydroxyl groups is 5. The number of hydrogen-bond donors (Lipinski definition) is 6. The summed E-state index contributed by atoms with van der Waals surface area (Å²) in [5.41, 5.74) is 0. The number of unbranched alkanes of at least 4 members (excludes halogenated alkanes) is 14. The third-order valence-electron chi connectivity index (χ3n) is 10.5. The lowest BCUT2D eigenvalue weighted by atomic mass is 9.85. The number of carbonyl (C=O) groups is 2. The SMILES string of the molecule is CC/C=C\C/C=C\C/C=C\C/C=C\CCC(=O)OC(COC(=O)CCCCCCCCCCC/C=C\C/C=C\CCCCCCC)COP(=O)(O)OC1C(O)C(O)C(O)C(O)C1O. The fraction of sp³-hybridized carbons (Fsp3) is 0.714. The zero-order valence-corrected chi connectivity index (χ0v) is 39.2. The van der Waals surface area contributed by atoms with E-state index >= 15 is 0 Å². The smallest absolute Gasteiger partial charge is 0.462 e. The molecule has 0 heterocycles. The van der Waals surface area contributed by atoms with Gasteiger partial charge in [0.2, 0.25) is 0 Å². The Hall–Kier alpha value is -2.71. The van der Waals surface area contributed by atoms with Crippen LogP contribution in [0.2, 0.25) is 0 Å². The van der Waals surface area contributed by atoms with Crippen molar-refractivity contribution in [2.45, 2.75) is 211 Å². The van der Waals surface area contributed by atoms with E-state index in [0.29, 0.717) is 19.3 Å². The molecule has 6 N–H and O–H groups in total. The van der Waals surface area contributed by atoms with Crippen molar-refractivity contribution in [2.75, 3.05) is 13.2 Å². The number of ether oxygens (including phenoxy) is 2. The van der Waals surface area contributed by atoms with Gasteiger partial charge in [-0.3, -0.25) is 18.6 Å². The zero-order chi connectivity index (χ0) is 46.4. The van der Waals surface area contributed by atoms with Gasteiger partial charge in [-0.25, -0.2) is 4.57 Å². The predicted octanol–water partition coefficient (Wildman–Crippen LogP) is 9.50. The third-order valence-corrected chi connectivity index (χ3v) is 11.5. The Balaban J connectivity index is 2.44. The van der Waals surface area contributed by atoms with Gasteiger partial charge >= 0.3 is 19.8 Å². The van der Waals surface area contributed by atoms with Crippen molar-refractivity contribution in [3.05, 3.63) is 72.9 Å². The van der Waals surface area contributed by atoms with E-state index in [1.165, 1.54) is 64.2 Å². The van der Waals surface area contributed by atoms with Crippen LogP contribution in [0, 0.1) is 0 Å². The highest BCUT2D eigenvalue weighted by molar-refractivity contribution is 7.47. The Morgan fingerprint density at radius 3 is 1.44 bits per heavy atom. The molecule has 14 heteroatoms. The standard InChI is InChI=1S/C49H83O13P/c1-3-5-7-9-11-13-15-17-18-19-20-21-22-23-24-26-27-29-31-33-35-37-42(50)59-39-41(40-60-63(57,58)62-49-47(55)45(53)44(52)46(54)48(49)56)61-43(51)38-36-34-32-30-28-25-16-14-12-10-8-6-4-2/h6,8,12,14-15,17,19-20,25,28,32,34,41,44-49,52-56H,3-5,7,9-11,13,16,18,21-24,26-27,29-31,33,35-40H2,1-2H3,(H,57,58)/b8-6-,14-12-,17-15-,20-19-,28-25-,34-32-. The Bertz CT molecular complexity index is 1380. The van der Waals surface area contributed by atoms with Crippen LogP contribution >= 0.6 is 7.82 Å². The summed E-state index contributed by atoms with van der Waals surface area (Å²) in [5, 5.41) is 50.1. The summed E-state index contributed by atoms with van der Waals surface area (Å²) in [4.78, 5) is 35.7. The molecular weight excluding hydrogens is 828 g/mol. The van der Waals surface area contributed by atoms with Crippen LogP contribution in [0.1, 0.15) is 168 Å². The first-order chi connectivity index (χ1) is 30.4. The van der Waals surface area contributed by atoms with Crippen LogP contribution in [-0.2, 0) is 32.7 Å². The number of phosphoric ester groups is 1. The molecule has 1 aliphatic rings. The average molecular weight is 911 g/mol. The van der Waals surface area contributed by atoms with E-state index in [1.54, 1.807) is 0 Å². The second-order valence-electron chi connectivity index (χ2n) is 16.2. The van der Waals surface area contributed by atoms with Crippen molar-refractivity contribution in [2.24, 2.45) is 0 Å². The molecule has 1 fully saturated rings. The van der Waals surface area contributed by atoms with Crippen LogP contribution in [0.4, 0.5) is 0 Å². The van der Waals surface area contributed by atoms with E-state index in [4.69, 9.17) is 18.5 Å². The first-order valence-corrected chi connectivity index (χ1v) is 25.2. The number of carbonyl (C=O) groups excluding carboxylic acids is 2. The summed E-state index contributed by atoms with van der Waals surface area (Å²) in [6, 6.07) is 0. The molecule has 0 aliphatic heterocycles. The highest BCUT2D eigenvalue weighted by atomic mass is 31.2. The van der Waals surface area contributed by atoms with E-state index in [-0.39, 0.29) is 12.8 Å². The van der Waals surface area contributed by atoms with Crippen LogP contribution in [0.5, 0.6) is 0 Å². The van der Waals surface area contributed by atoms with E-state index in [1.807, 2.05) is 18.2 Å². The average Bonchev–Trinajstić information content (AvgIpc) is 3.26. The molecule has 6 unspecified atom stereocenters. The molecular formula is C49H83O13P. The van der Waals surface area contributed by atoms with Crippen molar-refractivity contribution < 1.29 is 63.1 Å². The van der Waals surface area contributed by atoms with Crippen LogP contribution in [-0.4, -0.2) is 98.3 Å². The van der Waals surface area contributed by atoms with Gasteiger partial charge in [0.05, 0.1) is 6.61 Å². The molecule has 0 saturated heterocycles. The van der Waals surface area contributed by atoms with Crippen LogP contribution in [0.15, 0.2) is 72.9 Å². The topological polar surface area (TPSA) is 210 Å². The maximum atomic E-state index is 12.8. The second-order valence-corrected chi connectivity index (χ2v) is 17.6. The summed E-state index contributed by atoms with van der Waals surface area (Å²) >= 11 is 0. The van der Waals surface area contributed by atoms with Gasteiger partial charge in [0.15, 0.2) is 6.10 Å². The first-order valence-electron chi connectivity index (χ1n) is 23.7. The summed E-state index contributed by atoms with van der Waals surface area (Å²) in [6.07, 6.45) is 35.5. The van der Waals surface area contributed by atoms with Gasteiger partial charge in [0, 0.05) is 12.8 Å². The number of hydrogen-bond acceptors (Lipinski definition) is 12. The molecule has 0 aromatic carbocycles. The minimum atomic E-state index is -5.14. The summed E-state index contributed by atoms with van der Waals surface area (Å²) in [7, 11) is -5.14. The van der Waals surface area contributed by atoms with Crippen molar-refractivity contribution in [3.8, 4) is 0 Å². The third kappa shape index (κ3) is 31.0. The lowest BCUT2D eigenvalue weighted by Crippen LogP contribution is -2.64. The first kappa shape index (κ1) is 58.3. The highest BCUT2D eigenvalue weighted by Crippen LogP contribution is 2.47. The predicted molar refractivity (Wildman–Crippen MR) is 249 cm³/mol. The van der Waals surface area contributed by atoms with Crippen LogP contribution in [0.25, 0.3) is 0 Å². The van der Waals surface area contributed by atoms with E-state index in [2.05, 4.69) is 68.5 Å². The van der Waals surface area contributed by atoms with Gasteiger partial charge in [-0.15, -0.1) is 0 Å². The van der Waals surface area contributed by atoms with E-state index in [0.717, 1.165) is 57.8 Å². The molecule has 63 heavy (non-hydrogen) atoms. The van der Waals surface area contributed by atoms with Crippen LogP contribution < -0.4 is 0 Å². The maximum Gasteiger partial charge on any atom is 0.472 e. The fourth-order valence-electron chi connectivity index (χ4n) is 6.74. The Morgan fingerprint density at radius 1 is 0.508 bits per heavy atom. The number of phosphoric acid groups is 1. The summed E-state index contributed by atoms with van der Waals surface area (Å²) in [6.45, 7) is 3.10. The Labute approximate surface area is 378 Å². The van der Waals surface area contributed by atoms with Crippen molar-refractivity contribution in [1.29, 1.82) is 0 Å². The van der Waals surface area contributed by atoms with Gasteiger partial charge in [-0.05, 0) is 70.6 Å². The van der Waals surface area contributed by atoms with Gasteiger partial charge in [0.1, 0.15) is 43.2 Å². The molecule has 0 aromatic rings. The molecule has 0 spiro atoms. The van der Waals surface area contributed by atoms with Gasteiger partial charge < -0.3 is 39.9 Å². The Morgan fingerprint density at radius 2 is 0.937 bits per heavy atom. The van der Waals surface area contributed by atoms with E-state index in [9.17, 15) is 44.6 Å². The molecule has 13 nitrogen and oxygen atoms in total. The van der Waals surface area contributed by atoms with Crippen molar-refractivity contribution >= 4 is 19.8 Å². The number of esters is 2. The van der Waals surface area contributed by atoms with Gasteiger partial charge in [-0.2, -0.15) is 0 Å². The molecule has 1 aliphatic carbocycles. The minimum absolute atomic E-state index is 0.0285. The quantitative estimate of drug-likeness (QED) is 0.0148.